The van der Waals surface area contributed by atoms with Gasteiger partial charge in [-0.2, -0.15) is 0 Å². The number of nitrogens with one attached hydrogen (secondary N) is 1. The first-order valence-electron chi connectivity index (χ1n) is 8.90. The number of rotatable bonds is 5. The summed E-state index contributed by atoms with van der Waals surface area (Å²) in [6, 6.07) is 16.5. The second-order valence-corrected chi connectivity index (χ2v) is 6.25. The minimum absolute atomic E-state index is 0.0365. The Kier molecular flexibility index (Phi) is 5.79. The molecule has 0 bridgehead atoms. The fraction of sp³-hybridized carbons (Fsp3) is 0.136. The van der Waals surface area contributed by atoms with Gasteiger partial charge in [0.05, 0.1) is 5.69 Å². The molecule has 1 heterocycles. The van der Waals surface area contributed by atoms with E-state index in [2.05, 4.69) is 10.3 Å². The van der Waals surface area contributed by atoms with Crippen molar-refractivity contribution in [2.45, 2.75) is 13.8 Å². The van der Waals surface area contributed by atoms with Crippen LogP contribution < -0.4 is 10.2 Å². The number of aromatic nitrogens is 1. The van der Waals surface area contributed by atoms with Crippen LogP contribution >= 0.6 is 0 Å². The predicted molar refractivity (Wildman–Crippen MR) is 107 cm³/mol. The number of anilines is 2. The van der Waals surface area contributed by atoms with Crippen LogP contribution in [-0.2, 0) is 0 Å². The molecule has 0 saturated heterocycles. The van der Waals surface area contributed by atoms with Gasteiger partial charge in [0, 0.05) is 24.0 Å². The molecule has 0 unspecified atom stereocenters. The van der Waals surface area contributed by atoms with E-state index in [9.17, 15) is 14.0 Å². The van der Waals surface area contributed by atoms with Crippen molar-refractivity contribution in [2.75, 3.05) is 16.8 Å². The third-order valence-electron chi connectivity index (χ3n) is 4.24. The summed E-state index contributed by atoms with van der Waals surface area (Å²) in [5.41, 5.74) is 2.25. The van der Waals surface area contributed by atoms with Gasteiger partial charge < -0.3 is 10.2 Å². The maximum atomic E-state index is 13.7. The molecule has 3 aromatic rings. The number of pyridine rings is 1. The molecular formula is C22H20FN3O2. The van der Waals surface area contributed by atoms with Crippen molar-refractivity contribution in [3.05, 3.63) is 89.5 Å². The van der Waals surface area contributed by atoms with Crippen LogP contribution in [0.4, 0.5) is 15.8 Å². The molecule has 0 aliphatic rings. The van der Waals surface area contributed by atoms with E-state index in [1.807, 2.05) is 38.1 Å². The van der Waals surface area contributed by atoms with Gasteiger partial charge >= 0.3 is 0 Å². The minimum Gasteiger partial charge on any atom is -0.318 e. The van der Waals surface area contributed by atoms with Crippen LogP contribution in [0, 0.1) is 12.7 Å². The second-order valence-electron chi connectivity index (χ2n) is 6.25. The van der Waals surface area contributed by atoms with Gasteiger partial charge in [-0.1, -0.05) is 24.3 Å². The molecule has 0 saturated carbocycles. The highest BCUT2D eigenvalue weighted by Gasteiger charge is 2.19. The molecule has 6 heteroatoms. The molecule has 1 N–H and O–H groups in total. The summed E-state index contributed by atoms with van der Waals surface area (Å²) in [5.74, 6) is -1.37. The molecule has 28 heavy (non-hydrogen) atoms. The van der Waals surface area contributed by atoms with Gasteiger partial charge in [0.15, 0.2) is 0 Å². The van der Waals surface area contributed by atoms with E-state index in [4.69, 9.17) is 0 Å². The summed E-state index contributed by atoms with van der Waals surface area (Å²) >= 11 is 0. The molecule has 0 atom stereocenters. The van der Waals surface area contributed by atoms with Gasteiger partial charge in [-0.05, 0) is 55.8 Å². The third kappa shape index (κ3) is 4.23. The molecule has 3 rings (SSSR count). The molecule has 0 spiro atoms. The quantitative estimate of drug-likeness (QED) is 0.715. The fourth-order valence-electron chi connectivity index (χ4n) is 2.83. The summed E-state index contributed by atoms with van der Waals surface area (Å²) in [6.07, 6.45) is 1.40. The maximum Gasteiger partial charge on any atom is 0.274 e. The Balaban J connectivity index is 1.84. The van der Waals surface area contributed by atoms with Crippen LogP contribution in [0.1, 0.15) is 33.3 Å². The summed E-state index contributed by atoms with van der Waals surface area (Å²) in [6.45, 7) is 4.31. The van der Waals surface area contributed by atoms with E-state index < -0.39 is 11.7 Å². The average molecular weight is 377 g/mol. The third-order valence-corrected chi connectivity index (χ3v) is 4.24. The Bertz CT molecular complexity index is 1020. The number of halogens is 1. The lowest BCUT2D eigenvalue weighted by molar-refractivity contribution is 0.0988. The molecular weight excluding hydrogens is 357 g/mol. The molecule has 5 nitrogen and oxygen atoms in total. The highest BCUT2D eigenvalue weighted by molar-refractivity contribution is 6.08. The van der Waals surface area contributed by atoms with E-state index >= 15 is 0 Å². The van der Waals surface area contributed by atoms with Crippen molar-refractivity contribution in [3.63, 3.8) is 0 Å². The van der Waals surface area contributed by atoms with Gasteiger partial charge in [0.1, 0.15) is 11.5 Å². The van der Waals surface area contributed by atoms with Crippen molar-refractivity contribution in [1.29, 1.82) is 0 Å². The van der Waals surface area contributed by atoms with Crippen molar-refractivity contribution in [3.8, 4) is 0 Å². The lowest BCUT2D eigenvalue weighted by atomic mass is 10.1. The lowest BCUT2D eigenvalue weighted by Gasteiger charge is -2.21. The summed E-state index contributed by atoms with van der Waals surface area (Å²) in [5, 5.41) is 2.47. The smallest absolute Gasteiger partial charge is 0.274 e. The van der Waals surface area contributed by atoms with Crippen LogP contribution in [0.3, 0.4) is 0 Å². The Hall–Kier alpha value is -3.54. The molecule has 1 aromatic heterocycles. The lowest BCUT2D eigenvalue weighted by Crippen LogP contribution is -2.31. The molecule has 0 aliphatic carbocycles. The van der Waals surface area contributed by atoms with Gasteiger partial charge in [-0.15, -0.1) is 0 Å². The summed E-state index contributed by atoms with van der Waals surface area (Å²) in [7, 11) is 0. The van der Waals surface area contributed by atoms with Gasteiger partial charge in [0.25, 0.3) is 11.8 Å². The first kappa shape index (κ1) is 19.2. The summed E-state index contributed by atoms with van der Waals surface area (Å²) in [4.78, 5) is 31.1. The number of para-hydroxylation sites is 1. The van der Waals surface area contributed by atoms with Gasteiger partial charge in [0.2, 0.25) is 0 Å². The highest BCUT2D eigenvalue weighted by atomic mass is 19.1. The van der Waals surface area contributed by atoms with E-state index in [1.54, 1.807) is 17.0 Å². The summed E-state index contributed by atoms with van der Waals surface area (Å²) < 4.78 is 13.7. The minimum atomic E-state index is -0.585. The van der Waals surface area contributed by atoms with Gasteiger partial charge in [-0.25, -0.2) is 4.39 Å². The standard InChI is InChI=1S/C22H20FN3O2/c1-3-26(17-8-6-7-15(2)13-17)22(28)16-11-12-24-20(14-16)21(27)25-19-10-5-4-9-18(19)23/h4-14H,3H2,1-2H3,(H,25,27). The highest BCUT2D eigenvalue weighted by Crippen LogP contribution is 2.19. The SMILES string of the molecule is CCN(C(=O)c1ccnc(C(=O)Nc2ccccc2F)c1)c1cccc(C)c1. The maximum absolute atomic E-state index is 13.7. The number of nitrogens with zero attached hydrogens (tertiary/aromatic N) is 2. The Morgan fingerprint density at radius 3 is 2.57 bits per heavy atom. The molecule has 142 valence electrons. The number of carbonyl (C=O) groups excluding carboxylic acids is 2. The number of benzene rings is 2. The zero-order chi connectivity index (χ0) is 20.1. The first-order chi connectivity index (χ1) is 13.5. The fourth-order valence-corrected chi connectivity index (χ4v) is 2.83. The monoisotopic (exact) mass is 377 g/mol. The number of carbonyl (C=O) groups is 2. The molecule has 0 aliphatic heterocycles. The number of aryl methyl sites for hydroxylation is 1. The number of amides is 2. The van der Waals surface area contributed by atoms with Crippen LogP contribution in [0.15, 0.2) is 66.9 Å². The second kappa shape index (κ2) is 8.43. The topological polar surface area (TPSA) is 62.3 Å². The van der Waals surface area contributed by atoms with E-state index in [1.165, 1.54) is 30.5 Å². The van der Waals surface area contributed by atoms with E-state index in [0.29, 0.717) is 12.1 Å². The van der Waals surface area contributed by atoms with Crippen LogP contribution in [-0.4, -0.2) is 23.3 Å². The van der Waals surface area contributed by atoms with E-state index in [0.717, 1.165) is 11.3 Å². The van der Waals surface area contributed by atoms with Crippen molar-refractivity contribution < 1.29 is 14.0 Å². The van der Waals surface area contributed by atoms with Crippen molar-refractivity contribution >= 4 is 23.2 Å². The molecule has 0 fully saturated rings. The Morgan fingerprint density at radius 1 is 1.07 bits per heavy atom. The van der Waals surface area contributed by atoms with E-state index in [-0.39, 0.29) is 17.3 Å². The molecule has 2 aromatic carbocycles. The Labute approximate surface area is 162 Å². The zero-order valence-electron chi connectivity index (χ0n) is 15.6. The number of hydrogen-bond acceptors (Lipinski definition) is 3. The van der Waals surface area contributed by atoms with Crippen LogP contribution in [0.5, 0.6) is 0 Å². The zero-order valence-corrected chi connectivity index (χ0v) is 15.6. The average Bonchev–Trinajstić information content (AvgIpc) is 2.70. The van der Waals surface area contributed by atoms with Crippen molar-refractivity contribution in [2.24, 2.45) is 0 Å². The van der Waals surface area contributed by atoms with Crippen LogP contribution in [0.2, 0.25) is 0 Å². The number of hydrogen-bond donors (Lipinski definition) is 1. The first-order valence-corrected chi connectivity index (χ1v) is 8.90. The molecule has 2 amide bonds. The largest absolute Gasteiger partial charge is 0.318 e. The van der Waals surface area contributed by atoms with Gasteiger partial charge in [-0.3, -0.25) is 14.6 Å². The van der Waals surface area contributed by atoms with Crippen molar-refractivity contribution in [1.82, 2.24) is 4.98 Å². The normalized spacial score (nSPS) is 10.4. The Morgan fingerprint density at radius 2 is 1.86 bits per heavy atom. The molecule has 0 radical (unpaired) electrons. The van der Waals surface area contributed by atoms with Crippen LogP contribution in [0.25, 0.3) is 0 Å². The predicted octanol–water partition coefficient (Wildman–Crippen LogP) is 4.45.